The number of hydrogen-bond donors (Lipinski definition) is 1. The highest BCUT2D eigenvalue weighted by molar-refractivity contribution is 7.93. The molecule has 0 bridgehead atoms. The van der Waals surface area contributed by atoms with Gasteiger partial charge in [0.15, 0.2) is 0 Å². The monoisotopic (exact) mass is 284 g/mol. The third kappa shape index (κ3) is 3.24. The van der Waals surface area contributed by atoms with E-state index in [9.17, 15) is 13.2 Å². The van der Waals surface area contributed by atoms with Crippen molar-refractivity contribution in [2.24, 2.45) is 0 Å². The van der Waals surface area contributed by atoms with Gasteiger partial charge in [0.05, 0.1) is 18.6 Å². The number of hydrazine groups is 1. The van der Waals surface area contributed by atoms with Crippen LogP contribution in [0.1, 0.15) is 12.0 Å². The van der Waals surface area contributed by atoms with Gasteiger partial charge in [0, 0.05) is 13.0 Å². The summed E-state index contributed by atoms with van der Waals surface area (Å²) < 4.78 is 29.2. The number of aryl methyl sites for hydroxylation is 1. The van der Waals surface area contributed by atoms with Crippen LogP contribution in [0.2, 0.25) is 0 Å². The molecule has 1 aliphatic rings. The standard InChI is InChI=1S/C12H16N2O4S/c1-18-12(15)7-4-10-2-5-11(6-3-10)14-13-8-9-19(14,16)17/h2-3,5-6,13H,4,7-9H2,1H3. The zero-order valence-electron chi connectivity index (χ0n) is 10.6. The third-order valence-electron chi connectivity index (χ3n) is 2.91. The Morgan fingerprint density at radius 2 is 2.05 bits per heavy atom. The summed E-state index contributed by atoms with van der Waals surface area (Å²) in [6.45, 7) is 0.423. The molecule has 0 amide bonds. The summed E-state index contributed by atoms with van der Waals surface area (Å²) >= 11 is 0. The van der Waals surface area contributed by atoms with Crippen LogP contribution in [0.3, 0.4) is 0 Å². The molecule has 104 valence electrons. The van der Waals surface area contributed by atoms with Crippen LogP contribution in [0, 0.1) is 0 Å². The van der Waals surface area contributed by atoms with Crippen molar-refractivity contribution in [2.45, 2.75) is 12.8 Å². The lowest BCUT2D eigenvalue weighted by Crippen LogP contribution is -2.34. The van der Waals surface area contributed by atoms with Crippen molar-refractivity contribution in [2.75, 3.05) is 23.8 Å². The molecule has 1 aromatic rings. The van der Waals surface area contributed by atoms with Crippen LogP contribution in [-0.2, 0) is 26.0 Å². The van der Waals surface area contributed by atoms with Gasteiger partial charge in [-0.1, -0.05) is 12.1 Å². The minimum absolute atomic E-state index is 0.108. The third-order valence-corrected chi connectivity index (χ3v) is 4.53. The lowest BCUT2D eigenvalue weighted by atomic mass is 10.1. The Kier molecular flexibility index (Phi) is 4.06. The number of carbonyl (C=O) groups excluding carboxylic acids is 1. The quantitative estimate of drug-likeness (QED) is 0.812. The van der Waals surface area contributed by atoms with Gasteiger partial charge in [0.25, 0.3) is 0 Å². The maximum absolute atomic E-state index is 11.7. The highest BCUT2D eigenvalue weighted by atomic mass is 32.2. The van der Waals surface area contributed by atoms with Crippen molar-refractivity contribution in [3.63, 3.8) is 0 Å². The Morgan fingerprint density at radius 1 is 1.37 bits per heavy atom. The summed E-state index contributed by atoms with van der Waals surface area (Å²) in [5.41, 5.74) is 4.36. The molecule has 0 radical (unpaired) electrons. The maximum atomic E-state index is 11.7. The molecule has 1 N–H and O–H groups in total. The summed E-state index contributed by atoms with van der Waals surface area (Å²) in [6, 6.07) is 7.08. The number of anilines is 1. The number of benzene rings is 1. The largest absolute Gasteiger partial charge is 0.469 e. The molecule has 0 aromatic heterocycles. The van der Waals surface area contributed by atoms with Crippen molar-refractivity contribution in [3.8, 4) is 0 Å². The normalized spacial score (nSPS) is 17.4. The molecule has 1 heterocycles. The number of hydrogen-bond acceptors (Lipinski definition) is 5. The van der Waals surface area contributed by atoms with Gasteiger partial charge in [0.2, 0.25) is 10.0 Å². The lowest BCUT2D eigenvalue weighted by molar-refractivity contribution is -0.140. The first kappa shape index (κ1) is 13.8. The van der Waals surface area contributed by atoms with E-state index in [4.69, 9.17) is 0 Å². The summed E-state index contributed by atoms with van der Waals surface area (Å²) in [5, 5.41) is 0. The average molecular weight is 284 g/mol. The molecule has 1 aliphatic heterocycles. The average Bonchev–Trinajstić information content (AvgIpc) is 2.76. The van der Waals surface area contributed by atoms with Crippen molar-refractivity contribution in [1.29, 1.82) is 0 Å². The molecule has 0 saturated carbocycles. The molecule has 0 atom stereocenters. The van der Waals surface area contributed by atoms with Crippen LogP contribution in [-0.4, -0.2) is 33.8 Å². The maximum Gasteiger partial charge on any atom is 0.305 e. The second-order valence-corrected chi connectivity index (χ2v) is 6.17. The summed E-state index contributed by atoms with van der Waals surface area (Å²) in [7, 11) is -1.88. The molecule has 7 heteroatoms. The van der Waals surface area contributed by atoms with Crippen LogP contribution < -0.4 is 9.84 Å². The Hall–Kier alpha value is -1.60. The van der Waals surface area contributed by atoms with Gasteiger partial charge < -0.3 is 4.74 Å². The Balaban J connectivity index is 2.04. The fourth-order valence-corrected chi connectivity index (χ4v) is 3.13. The van der Waals surface area contributed by atoms with Crippen molar-refractivity contribution >= 4 is 21.7 Å². The van der Waals surface area contributed by atoms with E-state index in [0.717, 1.165) is 5.56 Å². The van der Waals surface area contributed by atoms with Crippen LogP contribution in [0.25, 0.3) is 0 Å². The highest BCUT2D eigenvalue weighted by Crippen LogP contribution is 2.20. The van der Waals surface area contributed by atoms with E-state index >= 15 is 0 Å². The highest BCUT2D eigenvalue weighted by Gasteiger charge is 2.28. The minimum atomic E-state index is -3.23. The van der Waals surface area contributed by atoms with Crippen LogP contribution in [0.15, 0.2) is 24.3 Å². The second kappa shape index (κ2) is 5.58. The zero-order chi connectivity index (χ0) is 13.9. The molecule has 0 aliphatic carbocycles. The smallest absolute Gasteiger partial charge is 0.305 e. The van der Waals surface area contributed by atoms with E-state index < -0.39 is 10.0 Å². The molecular weight excluding hydrogens is 268 g/mol. The molecule has 0 unspecified atom stereocenters. The van der Waals surface area contributed by atoms with E-state index in [-0.39, 0.29) is 11.7 Å². The van der Waals surface area contributed by atoms with E-state index in [1.165, 1.54) is 11.5 Å². The minimum Gasteiger partial charge on any atom is -0.469 e. The van der Waals surface area contributed by atoms with Gasteiger partial charge >= 0.3 is 5.97 Å². The van der Waals surface area contributed by atoms with E-state index in [1.54, 1.807) is 12.1 Å². The SMILES string of the molecule is COC(=O)CCc1ccc(N2NCCS2(=O)=O)cc1. The van der Waals surface area contributed by atoms with Crippen molar-refractivity contribution < 1.29 is 17.9 Å². The number of sulfonamides is 1. The number of ether oxygens (including phenoxy) is 1. The molecular formula is C12H16N2O4S. The van der Waals surface area contributed by atoms with Crippen LogP contribution in [0.5, 0.6) is 0 Å². The van der Waals surface area contributed by atoms with Crippen molar-refractivity contribution in [3.05, 3.63) is 29.8 Å². The van der Waals surface area contributed by atoms with Crippen molar-refractivity contribution in [1.82, 2.24) is 5.43 Å². The zero-order valence-corrected chi connectivity index (χ0v) is 11.4. The predicted molar refractivity (Wildman–Crippen MR) is 71.0 cm³/mol. The van der Waals surface area contributed by atoms with Gasteiger partial charge in [-0.25, -0.2) is 18.3 Å². The fourth-order valence-electron chi connectivity index (χ4n) is 1.86. The van der Waals surface area contributed by atoms with Gasteiger partial charge in [-0.3, -0.25) is 4.79 Å². The Morgan fingerprint density at radius 3 is 2.58 bits per heavy atom. The molecule has 1 saturated heterocycles. The Bertz CT molecular complexity index is 554. The van der Waals surface area contributed by atoms with Gasteiger partial charge in [-0.15, -0.1) is 0 Å². The summed E-state index contributed by atoms with van der Waals surface area (Å²) in [6.07, 6.45) is 0.892. The first-order valence-electron chi connectivity index (χ1n) is 5.95. The summed E-state index contributed by atoms with van der Waals surface area (Å²) in [5.74, 6) is -0.148. The number of nitrogens with one attached hydrogen (secondary N) is 1. The molecule has 0 spiro atoms. The van der Waals surface area contributed by atoms with E-state index in [0.29, 0.717) is 25.1 Å². The van der Waals surface area contributed by atoms with Gasteiger partial charge in [-0.05, 0) is 24.1 Å². The van der Waals surface area contributed by atoms with E-state index in [2.05, 4.69) is 10.2 Å². The molecule has 1 aromatic carbocycles. The lowest BCUT2D eigenvalue weighted by Gasteiger charge is -2.16. The Labute approximate surface area is 112 Å². The van der Waals surface area contributed by atoms with Gasteiger partial charge in [-0.2, -0.15) is 0 Å². The number of esters is 1. The van der Waals surface area contributed by atoms with E-state index in [1.807, 2.05) is 12.1 Å². The molecule has 2 rings (SSSR count). The first-order chi connectivity index (χ1) is 9.03. The second-order valence-electron chi connectivity index (χ2n) is 4.23. The number of carbonyl (C=O) groups is 1. The summed E-state index contributed by atoms with van der Waals surface area (Å²) in [4.78, 5) is 11.0. The number of rotatable bonds is 4. The van der Waals surface area contributed by atoms with Gasteiger partial charge in [0.1, 0.15) is 0 Å². The van der Waals surface area contributed by atoms with Crippen LogP contribution >= 0.6 is 0 Å². The topological polar surface area (TPSA) is 75.7 Å². The first-order valence-corrected chi connectivity index (χ1v) is 7.56. The molecule has 1 fully saturated rings. The number of nitrogens with zero attached hydrogens (tertiary/aromatic N) is 1. The number of methoxy groups -OCH3 is 1. The molecule has 19 heavy (non-hydrogen) atoms. The predicted octanol–water partition coefficient (Wildman–Crippen LogP) is 0.447. The van der Waals surface area contributed by atoms with Crippen LogP contribution in [0.4, 0.5) is 5.69 Å². The molecule has 6 nitrogen and oxygen atoms in total. The fraction of sp³-hybridized carbons (Fsp3) is 0.417.